The summed E-state index contributed by atoms with van der Waals surface area (Å²) in [4.78, 5) is 25.2. The molecule has 1 N–H and O–H groups in total. The van der Waals surface area contributed by atoms with Gasteiger partial charge in [-0.15, -0.1) is 0 Å². The van der Waals surface area contributed by atoms with Crippen molar-refractivity contribution in [3.8, 4) is 22.9 Å². The topological polar surface area (TPSA) is 86.2 Å². The van der Waals surface area contributed by atoms with E-state index in [4.69, 9.17) is 19.4 Å². The summed E-state index contributed by atoms with van der Waals surface area (Å²) < 4.78 is 11.0. The fraction of sp³-hybridized carbons (Fsp3) is 0.130. The summed E-state index contributed by atoms with van der Waals surface area (Å²) in [5.41, 5.74) is 3.31. The Morgan fingerprint density at radius 1 is 1.10 bits per heavy atom. The molecule has 0 unspecified atom stereocenters. The molecule has 4 aromatic rings. The average molecular weight is 398 g/mol. The zero-order chi connectivity index (χ0) is 20.5. The molecule has 0 atom stereocenters. The molecular formula is C23H18N4O3. The first-order chi connectivity index (χ1) is 14.7. The summed E-state index contributed by atoms with van der Waals surface area (Å²) in [6, 6.07) is 15.2. The van der Waals surface area contributed by atoms with Crippen LogP contribution in [-0.4, -0.2) is 34.5 Å². The second-order valence-electron chi connectivity index (χ2n) is 6.97. The van der Waals surface area contributed by atoms with Crippen LogP contribution in [0.2, 0.25) is 0 Å². The van der Waals surface area contributed by atoms with E-state index in [1.807, 2.05) is 48.5 Å². The molecule has 5 rings (SSSR count). The van der Waals surface area contributed by atoms with E-state index in [1.165, 1.54) is 0 Å². The van der Waals surface area contributed by atoms with Gasteiger partial charge in [-0.2, -0.15) is 0 Å². The quantitative estimate of drug-likeness (QED) is 0.557. The fourth-order valence-electron chi connectivity index (χ4n) is 3.43. The van der Waals surface area contributed by atoms with Crippen molar-refractivity contribution in [2.24, 2.45) is 0 Å². The third-order valence-electron chi connectivity index (χ3n) is 4.93. The Kier molecular flexibility index (Phi) is 4.48. The number of fused-ring (bicyclic) bond motifs is 2. The maximum atomic E-state index is 11.6. The molecule has 1 aliphatic rings. The zero-order valence-electron chi connectivity index (χ0n) is 16.3. The first-order valence-corrected chi connectivity index (χ1v) is 9.50. The van der Waals surface area contributed by atoms with Gasteiger partial charge in [-0.05, 0) is 36.4 Å². The standard InChI is InChI=1S/C23H18N4O3/c1-29-18-6-7-20-19(11-18)23(27-22(26-20)15-3-2-8-24-12-15)25-16-5-4-14-9-17(28)13-30-21(14)10-16/h2-8,10-12H,9,13H2,1H3,(H,25,26,27). The van der Waals surface area contributed by atoms with Gasteiger partial charge in [-0.25, -0.2) is 9.97 Å². The van der Waals surface area contributed by atoms with Crippen molar-refractivity contribution in [3.63, 3.8) is 0 Å². The Morgan fingerprint density at radius 2 is 2.03 bits per heavy atom. The van der Waals surface area contributed by atoms with Gasteiger partial charge in [0, 0.05) is 47.1 Å². The van der Waals surface area contributed by atoms with Crippen LogP contribution in [0.3, 0.4) is 0 Å². The van der Waals surface area contributed by atoms with E-state index in [1.54, 1.807) is 19.5 Å². The lowest BCUT2D eigenvalue weighted by Crippen LogP contribution is -2.20. The molecule has 0 spiro atoms. The van der Waals surface area contributed by atoms with Crippen molar-refractivity contribution in [1.29, 1.82) is 0 Å². The number of carbonyl (C=O) groups excluding carboxylic acids is 1. The second-order valence-corrected chi connectivity index (χ2v) is 6.97. The number of hydrogen-bond acceptors (Lipinski definition) is 7. The highest BCUT2D eigenvalue weighted by Gasteiger charge is 2.18. The van der Waals surface area contributed by atoms with Gasteiger partial charge in [0.1, 0.15) is 23.9 Å². The van der Waals surface area contributed by atoms with Gasteiger partial charge in [0.25, 0.3) is 0 Å². The number of methoxy groups -OCH3 is 1. The predicted molar refractivity (Wildman–Crippen MR) is 113 cm³/mol. The molecule has 7 heteroatoms. The molecule has 0 bridgehead atoms. The molecule has 2 aromatic carbocycles. The van der Waals surface area contributed by atoms with Gasteiger partial charge in [0.2, 0.25) is 0 Å². The summed E-state index contributed by atoms with van der Waals surface area (Å²) in [7, 11) is 1.63. The van der Waals surface area contributed by atoms with Crippen LogP contribution in [-0.2, 0) is 11.2 Å². The molecule has 1 aliphatic heterocycles. The normalized spacial score (nSPS) is 12.9. The number of ketones is 1. The molecule has 0 fully saturated rings. The van der Waals surface area contributed by atoms with E-state index in [-0.39, 0.29) is 12.4 Å². The minimum Gasteiger partial charge on any atom is -0.497 e. The maximum absolute atomic E-state index is 11.6. The number of pyridine rings is 1. The number of hydrogen-bond donors (Lipinski definition) is 1. The number of Topliss-reactive ketones (excluding diaryl/α,β-unsaturated/α-hetero) is 1. The number of aromatic nitrogens is 3. The van der Waals surface area contributed by atoms with Crippen molar-refractivity contribution in [3.05, 3.63) is 66.5 Å². The summed E-state index contributed by atoms with van der Waals surface area (Å²) in [6.07, 6.45) is 3.85. The summed E-state index contributed by atoms with van der Waals surface area (Å²) in [5, 5.41) is 4.21. The van der Waals surface area contributed by atoms with Gasteiger partial charge in [-0.1, -0.05) is 6.07 Å². The Balaban J connectivity index is 1.60. The highest BCUT2D eigenvalue weighted by molar-refractivity contribution is 5.93. The van der Waals surface area contributed by atoms with Gasteiger partial charge < -0.3 is 14.8 Å². The molecule has 0 saturated heterocycles. The summed E-state index contributed by atoms with van der Waals surface area (Å²) in [6.45, 7) is 0.106. The molecule has 3 heterocycles. The number of anilines is 2. The highest BCUT2D eigenvalue weighted by Crippen LogP contribution is 2.32. The largest absolute Gasteiger partial charge is 0.497 e. The van der Waals surface area contributed by atoms with Crippen molar-refractivity contribution in [1.82, 2.24) is 15.0 Å². The number of benzene rings is 2. The van der Waals surface area contributed by atoms with Crippen molar-refractivity contribution in [2.75, 3.05) is 19.0 Å². The first-order valence-electron chi connectivity index (χ1n) is 9.50. The van der Waals surface area contributed by atoms with E-state index >= 15 is 0 Å². The summed E-state index contributed by atoms with van der Waals surface area (Å²) in [5.74, 6) is 2.73. The molecule has 0 aliphatic carbocycles. The molecule has 148 valence electrons. The third kappa shape index (κ3) is 3.41. The minimum atomic E-state index is 0.0817. The van der Waals surface area contributed by atoms with Gasteiger partial charge in [-0.3, -0.25) is 9.78 Å². The predicted octanol–water partition coefficient (Wildman–Crippen LogP) is 3.95. The van der Waals surface area contributed by atoms with E-state index in [0.29, 0.717) is 23.8 Å². The van der Waals surface area contributed by atoms with Crippen LogP contribution in [0.15, 0.2) is 60.9 Å². The molecule has 7 nitrogen and oxygen atoms in total. The Morgan fingerprint density at radius 3 is 2.87 bits per heavy atom. The lowest BCUT2D eigenvalue weighted by molar-refractivity contribution is -0.121. The number of nitrogens with zero attached hydrogens (tertiary/aromatic N) is 3. The van der Waals surface area contributed by atoms with E-state index in [2.05, 4.69) is 10.3 Å². The minimum absolute atomic E-state index is 0.0817. The number of ether oxygens (including phenoxy) is 2. The van der Waals surface area contributed by atoms with Crippen LogP contribution >= 0.6 is 0 Å². The second kappa shape index (κ2) is 7.44. The number of nitrogens with one attached hydrogen (secondary N) is 1. The number of rotatable bonds is 4. The van der Waals surface area contributed by atoms with Crippen molar-refractivity contribution in [2.45, 2.75) is 6.42 Å². The molecule has 0 saturated carbocycles. The smallest absolute Gasteiger partial charge is 0.174 e. The monoisotopic (exact) mass is 398 g/mol. The van der Waals surface area contributed by atoms with E-state index in [9.17, 15) is 4.79 Å². The lowest BCUT2D eigenvalue weighted by Gasteiger charge is -2.18. The average Bonchev–Trinajstić information content (AvgIpc) is 2.79. The van der Waals surface area contributed by atoms with Gasteiger partial charge in [0.15, 0.2) is 11.6 Å². The van der Waals surface area contributed by atoms with Crippen LogP contribution < -0.4 is 14.8 Å². The Bertz CT molecular complexity index is 1260. The van der Waals surface area contributed by atoms with Gasteiger partial charge >= 0.3 is 0 Å². The zero-order valence-corrected chi connectivity index (χ0v) is 16.3. The lowest BCUT2D eigenvalue weighted by atomic mass is 10.1. The van der Waals surface area contributed by atoms with Gasteiger partial charge in [0.05, 0.1) is 12.6 Å². The van der Waals surface area contributed by atoms with Crippen molar-refractivity contribution >= 4 is 28.2 Å². The van der Waals surface area contributed by atoms with Crippen LogP contribution in [0, 0.1) is 0 Å². The molecule has 30 heavy (non-hydrogen) atoms. The molecule has 2 aromatic heterocycles. The first kappa shape index (κ1) is 18.1. The Hall–Kier alpha value is -4.00. The van der Waals surface area contributed by atoms with E-state index in [0.717, 1.165) is 33.5 Å². The molecule has 0 amide bonds. The molecular weight excluding hydrogens is 380 g/mol. The number of carbonyl (C=O) groups is 1. The Labute approximate surface area is 172 Å². The van der Waals surface area contributed by atoms with Crippen molar-refractivity contribution < 1.29 is 14.3 Å². The molecule has 0 radical (unpaired) electrons. The van der Waals surface area contributed by atoms with Crippen LogP contribution in [0.5, 0.6) is 11.5 Å². The summed E-state index contributed by atoms with van der Waals surface area (Å²) >= 11 is 0. The highest BCUT2D eigenvalue weighted by atomic mass is 16.5. The van der Waals surface area contributed by atoms with Crippen LogP contribution in [0.1, 0.15) is 5.56 Å². The maximum Gasteiger partial charge on any atom is 0.174 e. The van der Waals surface area contributed by atoms with Crippen LogP contribution in [0.4, 0.5) is 11.5 Å². The third-order valence-corrected chi connectivity index (χ3v) is 4.93. The SMILES string of the molecule is COc1ccc2nc(-c3cccnc3)nc(Nc3ccc4c(c3)OCC(=O)C4)c2c1. The van der Waals surface area contributed by atoms with Crippen LogP contribution in [0.25, 0.3) is 22.3 Å². The fourth-order valence-corrected chi connectivity index (χ4v) is 3.43. The van der Waals surface area contributed by atoms with E-state index < -0.39 is 0 Å².